The van der Waals surface area contributed by atoms with E-state index in [2.05, 4.69) is 9.28 Å². The third-order valence-electron chi connectivity index (χ3n) is 2.78. The highest BCUT2D eigenvalue weighted by Gasteiger charge is 2.49. The fourth-order valence-electron chi connectivity index (χ4n) is 1.58. The van der Waals surface area contributed by atoms with E-state index in [-0.39, 0.29) is 5.56 Å². The Hall–Kier alpha value is -2.03. The van der Waals surface area contributed by atoms with Crippen LogP contribution in [0.15, 0.2) is 30.3 Å². The molecule has 0 N–H and O–H groups in total. The lowest BCUT2D eigenvalue weighted by atomic mass is 10.3. The molecular weight excluding hydrogens is 309 g/mol. The maximum Gasteiger partial charge on any atom is 0.534 e. The number of hydrogen-bond acceptors (Lipinski definition) is 4. The molecule has 0 bridgehead atoms. The molecule has 0 saturated carbocycles. The quantitative estimate of drug-likeness (QED) is 0.644. The molecule has 0 radical (unpaired) electrons. The van der Waals surface area contributed by atoms with Crippen LogP contribution in [0.3, 0.4) is 0 Å². The highest BCUT2D eigenvalue weighted by atomic mass is 32.2. The molecule has 0 aliphatic rings. The van der Waals surface area contributed by atoms with Gasteiger partial charge >= 0.3 is 15.6 Å². The van der Waals surface area contributed by atoms with Gasteiger partial charge in [0.25, 0.3) is 0 Å². The summed E-state index contributed by atoms with van der Waals surface area (Å²) in [6, 6.07) is 8.13. The van der Waals surface area contributed by atoms with E-state index < -0.39 is 21.5 Å². The summed E-state index contributed by atoms with van der Waals surface area (Å²) in [7, 11) is -5.75. The second-order valence-corrected chi connectivity index (χ2v) is 5.78. The summed E-state index contributed by atoms with van der Waals surface area (Å²) >= 11 is 0. The highest BCUT2D eigenvalue weighted by Crippen LogP contribution is 2.31. The van der Waals surface area contributed by atoms with Crippen LogP contribution in [0.5, 0.6) is 5.88 Å². The Morgan fingerprint density at radius 3 is 2.24 bits per heavy atom. The van der Waals surface area contributed by atoms with Crippen LogP contribution in [-0.2, 0) is 10.1 Å². The van der Waals surface area contributed by atoms with Gasteiger partial charge in [0.15, 0.2) is 0 Å². The van der Waals surface area contributed by atoms with Crippen LogP contribution in [0.4, 0.5) is 13.2 Å². The first kappa shape index (κ1) is 15.4. The smallest absolute Gasteiger partial charge is 0.355 e. The minimum Gasteiger partial charge on any atom is -0.355 e. The van der Waals surface area contributed by atoms with Gasteiger partial charge in [-0.25, -0.2) is 0 Å². The average molecular weight is 320 g/mol. The molecule has 1 aromatic heterocycles. The lowest BCUT2D eigenvalue weighted by molar-refractivity contribution is -0.0502. The molecule has 2 rings (SSSR count). The van der Waals surface area contributed by atoms with Gasteiger partial charge in [-0.2, -0.15) is 31.4 Å². The predicted octanol–water partition coefficient (Wildman–Crippen LogP) is 2.72. The van der Waals surface area contributed by atoms with Crippen molar-refractivity contribution in [3.63, 3.8) is 0 Å². The number of nitrogens with zero attached hydrogens (tertiary/aromatic N) is 2. The van der Waals surface area contributed by atoms with Gasteiger partial charge < -0.3 is 4.18 Å². The summed E-state index contributed by atoms with van der Waals surface area (Å²) in [6.45, 7) is 2.98. The van der Waals surface area contributed by atoms with Crippen molar-refractivity contribution in [2.45, 2.75) is 19.4 Å². The van der Waals surface area contributed by atoms with Crippen LogP contribution >= 0.6 is 0 Å². The van der Waals surface area contributed by atoms with Crippen molar-refractivity contribution in [3.05, 3.63) is 41.6 Å². The van der Waals surface area contributed by atoms with E-state index in [0.717, 1.165) is 4.68 Å². The molecule has 0 saturated heterocycles. The van der Waals surface area contributed by atoms with Gasteiger partial charge in [0.2, 0.25) is 5.88 Å². The molecular formula is C12H11F3N2O3S. The van der Waals surface area contributed by atoms with Gasteiger partial charge in [0, 0.05) is 5.56 Å². The number of benzene rings is 1. The van der Waals surface area contributed by atoms with E-state index >= 15 is 0 Å². The second kappa shape index (κ2) is 5.06. The van der Waals surface area contributed by atoms with Gasteiger partial charge in [-0.1, -0.05) is 18.2 Å². The second-order valence-electron chi connectivity index (χ2n) is 4.25. The Balaban J connectivity index is 2.55. The van der Waals surface area contributed by atoms with Crippen LogP contribution in [-0.4, -0.2) is 23.7 Å². The summed E-state index contributed by atoms with van der Waals surface area (Å²) < 4.78 is 65.0. The van der Waals surface area contributed by atoms with Crippen molar-refractivity contribution in [1.29, 1.82) is 0 Å². The number of alkyl halides is 3. The number of aromatic nitrogens is 2. The Labute approximate surface area is 119 Å². The third kappa shape index (κ3) is 2.87. The SMILES string of the molecule is Cc1nn(-c2ccccc2)c(OS(=O)(=O)C(F)(F)F)c1C. The number of aryl methyl sites for hydroxylation is 1. The summed E-state index contributed by atoms with van der Waals surface area (Å²) in [5.41, 5.74) is -4.53. The van der Waals surface area contributed by atoms with Crippen molar-refractivity contribution in [2.75, 3.05) is 0 Å². The summed E-state index contributed by atoms with van der Waals surface area (Å²) in [4.78, 5) is 0. The largest absolute Gasteiger partial charge is 0.534 e. The third-order valence-corrected chi connectivity index (χ3v) is 3.72. The Kier molecular flexibility index (Phi) is 3.70. The van der Waals surface area contributed by atoms with E-state index in [0.29, 0.717) is 11.4 Å². The van der Waals surface area contributed by atoms with E-state index in [4.69, 9.17) is 0 Å². The molecule has 1 aromatic carbocycles. The van der Waals surface area contributed by atoms with Crippen molar-refractivity contribution in [3.8, 4) is 11.6 Å². The van der Waals surface area contributed by atoms with Gasteiger partial charge in [-0.3, -0.25) is 0 Å². The maximum atomic E-state index is 12.4. The number of hydrogen-bond donors (Lipinski definition) is 0. The highest BCUT2D eigenvalue weighted by molar-refractivity contribution is 7.87. The molecule has 0 aliphatic heterocycles. The van der Waals surface area contributed by atoms with Crippen molar-refractivity contribution < 1.29 is 25.8 Å². The minimum atomic E-state index is -5.75. The maximum absolute atomic E-state index is 12.4. The molecule has 0 spiro atoms. The average Bonchev–Trinajstić information content (AvgIpc) is 2.66. The first-order valence-corrected chi connectivity index (χ1v) is 7.16. The van der Waals surface area contributed by atoms with E-state index in [1.807, 2.05) is 0 Å². The van der Waals surface area contributed by atoms with Gasteiger partial charge in [0.1, 0.15) is 0 Å². The standard InChI is InChI=1S/C12H11F3N2O3S/c1-8-9(2)16-17(10-6-4-3-5-7-10)11(8)20-21(18,19)12(13,14)15/h3-7H,1-2H3. The molecule has 21 heavy (non-hydrogen) atoms. The Morgan fingerprint density at radius 2 is 1.71 bits per heavy atom. The van der Waals surface area contributed by atoms with Crippen molar-refractivity contribution in [2.24, 2.45) is 0 Å². The van der Waals surface area contributed by atoms with Gasteiger partial charge in [0.05, 0.1) is 11.4 Å². The normalized spacial score (nSPS) is 12.4. The Bertz CT molecular complexity index is 752. The first-order valence-electron chi connectivity index (χ1n) is 5.76. The molecule has 114 valence electrons. The molecule has 0 unspecified atom stereocenters. The number of halogens is 3. The minimum absolute atomic E-state index is 0.215. The summed E-state index contributed by atoms with van der Waals surface area (Å²) in [5.74, 6) is -0.476. The molecule has 0 atom stereocenters. The zero-order valence-corrected chi connectivity index (χ0v) is 11.9. The topological polar surface area (TPSA) is 61.2 Å². The lowest BCUT2D eigenvalue weighted by Crippen LogP contribution is -2.29. The van der Waals surface area contributed by atoms with E-state index in [1.54, 1.807) is 37.3 Å². The summed E-state index contributed by atoms with van der Waals surface area (Å²) in [5, 5.41) is 4.01. The molecule has 0 aliphatic carbocycles. The Morgan fingerprint density at radius 1 is 1.14 bits per heavy atom. The summed E-state index contributed by atoms with van der Waals surface area (Å²) in [6.07, 6.45) is 0. The number of para-hydroxylation sites is 1. The molecule has 2 aromatic rings. The van der Waals surface area contributed by atoms with Crippen molar-refractivity contribution >= 4 is 10.1 Å². The van der Waals surface area contributed by atoms with Crippen LogP contribution < -0.4 is 4.18 Å². The zero-order valence-electron chi connectivity index (χ0n) is 11.0. The van der Waals surface area contributed by atoms with Gasteiger partial charge in [-0.15, -0.1) is 0 Å². The molecule has 9 heteroatoms. The number of rotatable bonds is 3. The van der Waals surface area contributed by atoms with Gasteiger partial charge in [-0.05, 0) is 26.0 Å². The van der Waals surface area contributed by atoms with Crippen molar-refractivity contribution in [1.82, 2.24) is 9.78 Å². The van der Waals surface area contributed by atoms with Crippen LogP contribution in [0.25, 0.3) is 5.69 Å². The predicted molar refractivity (Wildman–Crippen MR) is 68.6 cm³/mol. The van der Waals surface area contributed by atoms with Crippen LogP contribution in [0.2, 0.25) is 0 Å². The van der Waals surface area contributed by atoms with Crippen LogP contribution in [0.1, 0.15) is 11.3 Å². The molecule has 5 nitrogen and oxygen atoms in total. The van der Waals surface area contributed by atoms with Crippen LogP contribution in [0, 0.1) is 13.8 Å². The fraction of sp³-hybridized carbons (Fsp3) is 0.250. The monoisotopic (exact) mass is 320 g/mol. The van der Waals surface area contributed by atoms with E-state index in [1.165, 1.54) is 6.92 Å². The zero-order chi connectivity index (χ0) is 15.8. The molecule has 1 heterocycles. The molecule has 0 fully saturated rings. The fourth-order valence-corrected chi connectivity index (χ4v) is 2.08. The first-order chi connectivity index (χ1) is 9.63. The lowest BCUT2D eigenvalue weighted by Gasteiger charge is -2.11. The van der Waals surface area contributed by atoms with E-state index in [9.17, 15) is 21.6 Å². The molecule has 0 amide bonds.